The molecule has 0 amide bonds. The summed E-state index contributed by atoms with van der Waals surface area (Å²) in [6, 6.07) is 8.34. The highest BCUT2D eigenvalue weighted by Gasteiger charge is 2.20. The Labute approximate surface area is 96.4 Å². The Morgan fingerprint density at radius 2 is 2.19 bits per heavy atom. The highest BCUT2D eigenvalue weighted by atomic mass is 16.5. The Hall–Kier alpha value is -1.06. The molecule has 2 rings (SSSR count). The van der Waals surface area contributed by atoms with Gasteiger partial charge in [0.15, 0.2) is 0 Å². The Bertz CT molecular complexity index is 336. The minimum atomic E-state index is -0.442. The fraction of sp³-hybridized carbons (Fsp3) is 0.538. The zero-order valence-electron chi connectivity index (χ0n) is 9.65. The summed E-state index contributed by atoms with van der Waals surface area (Å²) in [5.74, 6) is 0.765. The molecular weight excluding hydrogens is 202 g/mol. The molecule has 1 aliphatic rings. The van der Waals surface area contributed by atoms with Crippen molar-refractivity contribution in [3.8, 4) is 5.75 Å². The number of hydrogen-bond donors (Lipinski definition) is 2. The van der Waals surface area contributed by atoms with Crippen LogP contribution in [0.1, 0.15) is 30.9 Å². The molecule has 88 valence electrons. The maximum Gasteiger partial charge on any atom is 0.124 e. The van der Waals surface area contributed by atoms with Gasteiger partial charge in [0.1, 0.15) is 5.75 Å². The van der Waals surface area contributed by atoms with Crippen molar-refractivity contribution in [3.05, 3.63) is 29.8 Å². The van der Waals surface area contributed by atoms with Crippen LogP contribution in [-0.2, 0) is 0 Å². The van der Waals surface area contributed by atoms with Gasteiger partial charge < -0.3 is 15.2 Å². The van der Waals surface area contributed by atoms with Crippen molar-refractivity contribution >= 4 is 0 Å². The van der Waals surface area contributed by atoms with Gasteiger partial charge in [-0.15, -0.1) is 0 Å². The molecule has 0 aliphatic heterocycles. The Kier molecular flexibility index (Phi) is 3.80. The monoisotopic (exact) mass is 221 g/mol. The fourth-order valence-electron chi connectivity index (χ4n) is 1.81. The Morgan fingerprint density at radius 3 is 2.88 bits per heavy atom. The fourth-order valence-corrected chi connectivity index (χ4v) is 1.81. The van der Waals surface area contributed by atoms with Crippen molar-refractivity contribution in [2.75, 3.05) is 13.7 Å². The van der Waals surface area contributed by atoms with Crippen molar-refractivity contribution < 1.29 is 9.84 Å². The molecule has 3 nitrogen and oxygen atoms in total. The Balaban J connectivity index is 1.87. The molecular formula is C13H19NO2. The van der Waals surface area contributed by atoms with Crippen LogP contribution in [0, 0.1) is 0 Å². The van der Waals surface area contributed by atoms with Crippen LogP contribution in [0.5, 0.6) is 5.75 Å². The third-order valence-corrected chi connectivity index (χ3v) is 2.93. The smallest absolute Gasteiger partial charge is 0.124 e. The quantitative estimate of drug-likeness (QED) is 0.770. The number of methoxy groups -OCH3 is 1. The zero-order valence-corrected chi connectivity index (χ0v) is 9.65. The lowest BCUT2D eigenvalue weighted by Crippen LogP contribution is -2.19. The molecule has 1 aromatic rings. The van der Waals surface area contributed by atoms with Crippen LogP contribution in [0.25, 0.3) is 0 Å². The average Bonchev–Trinajstić information content (AvgIpc) is 3.13. The second-order valence-electron chi connectivity index (χ2n) is 4.27. The van der Waals surface area contributed by atoms with Crippen LogP contribution in [0.4, 0.5) is 0 Å². The van der Waals surface area contributed by atoms with Gasteiger partial charge in [0, 0.05) is 11.6 Å². The average molecular weight is 221 g/mol. The molecule has 0 heterocycles. The molecule has 3 heteroatoms. The minimum absolute atomic E-state index is 0.442. The molecule has 16 heavy (non-hydrogen) atoms. The van der Waals surface area contributed by atoms with E-state index in [4.69, 9.17) is 4.74 Å². The molecule has 1 fully saturated rings. The predicted molar refractivity (Wildman–Crippen MR) is 63.6 cm³/mol. The van der Waals surface area contributed by atoms with Crippen molar-refractivity contribution in [1.82, 2.24) is 5.32 Å². The van der Waals surface area contributed by atoms with Crippen LogP contribution < -0.4 is 10.1 Å². The van der Waals surface area contributed by atoms with Crippen molar-refractivity contribution in [2.24, 2.45) is 0 Å². The van der Waals surface area contributed by atoms with E-state index in [2.05, 4.69) is 5.32 Å². The highest BCUT2D eigenvalue weighted by Crippen LogP contribution is 2.27. The van der Waals surface area contributed by atoms with Crippen molar-refractivity contribution in [1.29, 1.82) is 0 Å². The van der Waals surface area contributed by atoms with Crippen LogP contribution >= 0.6 is 0 Å². The number of hydrogen-bond acceptors (Lipinski definition) is 3. The largest absolute Gasteiger partial charge is 0.496 e. The number of aliphatic hydroxyl groups is 1. The third kappa shape index (κ3) is 2.97. The molecule has 0 spiro atoms. The van der Waals surface area contributed by atoms with Crippen molar-refractivity contribution in [2.45, 2.75) is 31.4 Å². The predicted octanol–water partition coefficient (Wildman–Crippen LogP) is 1.87. The molecule has 0 radical (unpaired) electrons. The molecule has 1 atom stereocenters. The topological polar surface area (TPSA) is 41.5 Å². The summed E-state index contributed by atoms with van der Waals surface area (Å²) in [7, 11) is 1.63. The lowest BCUT2D eigenvalue weighted by molar-refractivity contribution is 0.162. The maximum absolute atomic E-state index is 10.0. The molecule has 1 aromatic carbocycles. The van der Waals surface area contributed by atoms with Gasteiger partial charge in [0.05, 0.1) is 13.2 Å². The van der Waals surface area contributed by atoms with Crippen LogP contribution in [0.3, 0.4) is 0 Å². The standard InChI is InChI=1S/C13H19NO2/c1-16-13-5-3-2-4-11(13)12(15)8-9-14-10-6-7-10/h2-5,10,12,14-15H,6-9H2,1H3. The molecule has 0 aromatic heterocycles. The van der Waals surface area contributed by atoms with Crippen LogP contribution in [0.15, 0.2) is 24.3 Å². The lowest BCUT2D eigenvalue weighted by atomic mass is 10.1. The van der Waals surface area contributed by atoms with Crippen molar-refractivity contribution in [3.63, 3.8) is 0 Å². The van der Waals surface area contributed by atoms with E-state index >= 15 is 0 Å². The summed E-state index contributed by atoms with van der Waals surface area (Å²) >= 11 is 0. The molecule has 1 saturated carbocycles. The molecule has 0 saturated heterocycles. The second-order valence-corrected chi connectivity index (χ2v) is 4.27. The number of nitrogens with one attached hydrogen (secondary N) is 1. The molecule has 2 N–H and O–H groups in total. The molecule has 1 aliphatic carbocycles. The van der Waals surface area contributed by atoms with E-state index in [0.29, 0.717) is 6.04 Å². The number of ether oxygens (including phenoxy) is 1. The Morgan fingerprint density at radius 1 is 1.44 bits per heavy atom. The summed E-state index contributed by atoms with van der Waals surface area (Å²) in [5.41, 5.74) is 0.877. The van der Waals surface area contributed by atoms with Gasteiger partial charge in [-0.05, 0) is 31.9 Å². The minimum Gasteiger partial charge on any atom is -0.496 e. The van der Waals surface area contributed by atoms with Gasteiger partial charge in [0.25, 0.3) is 0 Å². The first kappa shape index (κ1) is 11.4. The first-order valence-electron chi connectivity index (χ1n) is 5.85. The first-order valence-corrected chi connectivity index (χ1v) is 5.85. The second kappa shape index (κ2) is 5.32. The highest BCUT2D eigenvalue weighted by molar-refractivity contribution is 5.34. The van der Waals surface area contributed by atoms with E-state index < -0.39 is 6.10 Å². The lowest BCUT2D eigenvalue weighted by Gasteiger charge is -2.14. The van der Waals surface area contributed by atoms with Gasteiger partial charge in [0.2, 0.25) is 0 Å². The number of para-hydroxylation sites is 1. The van der Waals surface area contributed by atoms with Gasteiger partial charge in [-0.1, -0.05) is 18.2 Å². The zero-order chi connectivity index (χ0) is 11.4. The summed E-state index contributed by atoms with van der Waals surface area (Å²) in [6.07, 6.45) is 2.86. The van der Waals surface area contributed by atoms with Gasteiger partial charge >= 0.3 is 0 Å². The summed E-state index contributed by atoms with van der Waals surface area (Å²) in [5, 5.41) is 13.4. The van der Waals surface area contributed by atoms with E-state index in [1.54, 1.807) is 7.11 Å². The number of aliphatic hydroxyl groups excluding tert-OH is 1. The summed E-state index contributed by atoms with van der Waals surface area (Å²) in [4.78, 5) is 0. The number of rotatable bonds is 6. The third-order valence-electron chi connectivity index (χ3n) is 2.93. The van der Waals surface area contributed by atoms with Crippen LogP contribution in [0.2, 0.25) is 0 Å². The normalized spacial score (nSPS) is 17.1. The van der Waals surface area contributed by atoms with Crippen LogP contribution in [-0.4, -0.2) is 24.8 Å². The summed E-state index contributed by atoms with van der Waals surface area (Å²) < 4.78 is 5.23. The van der Waals surface area contributed by atoms with E-state index in [0.717, 1.165) is 24.3 Å². The number of benzene rings is 1. The summed E-state index contributed by atoms with van der Waals surface area (Å²) in [6.45, 7) is 0.865. The van der Waals surface area contributed by atoms with Gasteiger partial charge in [-0.2, -0.15) is 0 Å². The van der Waals surface area contributed by atoms with E-state index in [1.165, 1.54) is 12.8 Å². The van der Waals surface area contributed by atoms with Gasteiger partial charge in [-0.3, -0.25) is 0 Å². The SMILES string of the molecule is COc1ccccc1C(O)CCNC1CC1. The van der Waals surface area contributed by atoms with E-state index in [1.807, 2.05) is 24.3 Å². The molecule has 0 bridgehead atoms. The molecule has 1 unspecified atom stereocenters. The van der Waals surface area contributed by atoms with E-state index in [-0.39, 0.29) is 0 Å². The maximum atomic E-state index is 10.0. The van der Waals surface area contributed by atoms with Gasteiger partial charge in [-0.25, -0.2) is 0 Å². The first-order chi connectivity index (χ1) is 7.81. The van der Waals surface area contributed by atoms with E-state index in [9.17, 15) is 5.11 Å².